The number of carboxylic acids is 2. The first kappa shape index (κ1) is 29.0. The average molecular weight is 480 g/mol. The van der Waals surface area contributed by atoms with Gasteiger partial charge in [0.05, 0.1) is 5.69 Å². The van der Waals surface area contributed by atoms with Gasteiger partial charge >= 0.3 is 11.9 Å². The van der Waals surface area contributed by atoms with E-state index >= 15 is 0 Å². The number of para-hydroxylation sites is 1. The molecular formula is C26H41NO5S. The summed E-state index contributed by atoms with van der Waals surface area (Å²) in [6, 6.07) is 6.08. The van der Waals surface area contributed by atoms with Gasteiger partial charge in [0.2, 0.25) is 5.91 Å². The van der Waals surface area contributed by atoms with Crippen LogP contribution in [0.25, 0.3) is 0 Å². The molecule has 0 radical (unpaired) electrons. The highest BCUT2D eigenvalue weighted by molar-refractivity contribution is 7.99. The fraction of sp³-hybridized carbons (Fsp3) is 0.654. The summed E-state index contributed by atoms with van der Waals surface area (Å²) >= 11 is 1.75. The number of nitrogens with one attached hydrogen (secondary N) is 1. The smallest absolute Gasteiger partial charge is 0.303 e. The molecule has 0 heterocycles. The zero-order chi connectivity index (χ0) is 24.3. The summed E-state index contributed by atoms with van der Waals surface area (Å²) in [5.74, 6) is -0.423. The fourth-order valence-corrected chi connectivity index (χ4v) is 4.76. The van der Waals surface area contributed by atoms with Gasteiger partial charge < -0.3 is 15.5 Å². The van der Waals surface area contributed by atoms with Crippen LogP contribution >= 0.6 is 11.8 Å². The third-order valence-electron chi connectivity index (χ3n) is 5.59. The molecule has 0 spiro atoms. The maximum atomic E-state index is 12.5. The van der Waals surface area contributed by atoms with Crippen LogP contribution in [0.3, 0.4) is 0 Å². The number of aliphatic carboxylic acids is 2. The van der Waals surface area contributed by atoms with Crippen LogP contribution in [0, 0.1) is 6.92 Å². The van der Waals surface area contributed by atoms with Crippen LogP contribution < -0.4 is 5.32 Å². The highest BCUT2D eigenvalue weighted by atomic mass is 32.2. The second-order valence-corrected chi connectivity index (χ2v) is 9.76. The van der Waals surface area contributed by atoms with Crippen molar-refractivity contribution in [2.24, 2.45) is 0 Å². The Morgan fingerprint density at radius 3 is 1.76 bits per heavy atom. The Bertz CT molecular complexity index is 723. The zero-order valence-corrected chi connectivity index (χ0v) is 20.9. The van der Waals surface area contributed by atoms with Crippen molar-refractivity contribution in [2.45, 2.75) is 108 Å². The Kier molecular flexibility index (Phi) is 16.2. The van der Waals surface area contributed by atoms with Crippen molar-refractivity contribution in [3.63, 3.8) is 0 Å². The molecule has 0 unspecified atom stereocenters. The number of carboxylic acid groups (broad SMARTS) is 2. The SMILES string of the molecule is Cc1cccc(SCCCCCCC(=O)O)c1NC(=O)CCCCCCCCCCC(=O)O. The predicted octanol–water partition coefficient (Wildman–Crippen LogP) is 7.05. The molecule has 0 bridgehead atoms. The number of hydrogen-bond acceptors (Lipinski definition) is 4. The number of unbranched alkanes of at least 4 members (excludes halogenated alkanes) is 10. The molecule has 1 aromatic rings. The van der Waals surface area contributed by atoms with E-state index in [0.717, 1.165) is 98.9 Å². The molecule has 3 N–H and O–H groups in total. The van der Waals surface area contributed by atoms with Crippen LogP contribution in [0.1, 0.15) is 102 Å². The number of aryl methyl sites for hydroxylation is 1. The van der Waals surface area contributed by atoms with Gasteiger partial charge in [0.1, 0.15) is 0 Å². The van der Waals surface area contributed by atoms with Crippen molar-refractivity contribution in [1.29, 1.82) is 0 Å². The number of rotatable bonds is 20. The lowest BCUT2D eigenvalue weighted by Crippen LogP contribution is -2.13. The summed E-state index contributed by atoms with van der Waals surface area (Å²) in [4.78, 5) is 34.6. The lowest BCUT2D eigenvalue weighted by molar-refractivity contribution is -0.138. The van der Waals surface area contributed by atoms with Crippen molar-refractivity contribution < 1.29 is 24.6 Å². The number of carbonyl (C=O) groups is 3. The van der Waals surface area contributed by atoms with E-state index in [2.05, 4.69) is 5.32 Å². The zero-order valence-electron chi connectivity index (χ0n) is 20.1. The molecule has 1 amide bonds. The molecule has 0 aliphatic heterocycles. The first-order chi connectivity index (χ1) is 15.9. The number of benzene rings is 1. The van der Waals surface area contributed by atoms with E-state index in [1.807, 2.05) is 25.1 Å². The topological polar surface area (TPSA) is 104 Å². The fourth-order valence-electron chi connectivity index (χ4n) is 3.66. The summed E-state index contributed by atoms with van der Waals surface area (Å²) in [6.45, 7) is 2.02. The molecule has 186 valence electrons. The molecule has 0 aliphatic rings. The van der Waals surface area contributed by atoms with Gasteiger partial charge in [-0.15, -0.1) is 11.8 Å². The van der Waals surface area contributed by atoms with E-state index in [4.69, 9.17) is 10.2 Å². The van der Waals surface area contributed by atoms with Crippen LogP contribution in [0.4, 0.5) is 5.69 Å². The minimum Gasteiger partial charge on any atom is -0.481 e. The lowest BCUT2D eigenvalue weighted by atomic mass is 10.1. The highest BCUT2D eigenvalue weighted by Gasteiger charge is 2.10. The van der Waals surface area contributed by atoms with Crippen LogP contribution in [0.2, 0.25) is 0 Å². The Morgan fingerprint density at radius 2 is 1.21 bits per heavy atom. The molecule has 0 fully saturated rings. The molecule has 0 aromatic heterocycles. The van der Waals surface area contributed by atoms with Crippen molar-refractivity contribution in [1.82, 2.24) is 0 Å². The van der Waals surface area contributed by atoms with Gasteiger partial charge in [-0.1, -0.05) is 63.5 Å². The first-order valence-corrected chi connectivity index (χ1v) is 13.3. The highest BCUT2D eigenvalue weighted by Crippen LogP contribution is 2.31. The number of anilines is 1. The van der Waals surface area contributed by atoms with E-state index < -0.39 is 11.9 Å². The summed E-state index contributed by atoms with van der Waals surface area (Å²) in [5.41, 5.74) is 1.98. The Hall–Kier alpha value is -2.02. The number of thioether (sulfide) groups is 1. The number of amides is 1. The Morgan fingerprint density at radius 1 is 0.727 bits per heavy atom. The maximum Gasteiger partial charge on any atom is 0.303 e. The molecule has 1 aromatic carbocycles. The number of carbonyl (C=O) groups excluding carboxylic acids is 1. The second kappa shape index (κ2) is 18.4. The van der Waals surface area contributed by atoms with E-state index in [9.17, 15) is 14.4 Å². The molecule has 33 heavy (non-hydrogen) atoms. The summed E-state index contributed by atoms with van der Waals surface area (Å²) in [7, 11) is 0. The van der Waals surface area contributed by atoms with Gasteiger partial charge in [0.15, 0.2) is 0 Å². The van der Waals surface area contributed by atoms with Crippen molar-refractivity contribution >= 4 is 35.3 Å². The van der Waals surface area contributed by atoms with Crippen LogP contribution in [-0.2, 0) is 14.4 Å². The molecule has 0 atom stereocenters. The van der Waals surface area contributed by atoms with Crippen LogP contribution in [-0.4, -0.2) is 33.8 Å². The minimum atomic E-state index is -0.727. The molecule has 6 nitrogen and oxygen atoms in total. The summed E-state index contributed by atoms with van der Waals surface area (Å²) in [6.07, 6.45) is 12.9. The molecule has 0 saturated heterocycles. The van der Waals surface area contributed by atoms with Gasteiger partial charge in [-0.2, -0.15) is 0 Å². The van der Waals surface area contributed by atoms with E-state index in [1.54, 1.807) is 11.8 Å². The standard InChI is InChI=1S/C26H41NO5S/c1-21-15-14-16-22(33-20-13-9-8-12-19-25(31)32)26(21)27-23(28)17-10-6-4-2-3-5-7-11-18-24(29)30/h14-16H,2-13,17-20H2,1H3,(H,27,28)(H,29,30)(H,31,32). The third kappa shape index (κ3) is 15.4. The normalized spacial score (nSPS) is 10.8. The van der Waals surface area contributed by atoms with Crippen LogP contribution in [0.15, 0.2) is 23.1 Å². The first-order valence-electron chi connectivity index (χ1n) is 12.4. The quantitative estimate of drug-likeness (QED) is 0.137. The predicted molar refractivity (Wildman–Crippen MR) is 135 cm³/mol. The lowest BCUT2D eigenvalue weighted by Gasteiger charge is -2.14. The van der Waals surface area contributed by atoms with Crippen molar-refractivity contribution in [3.8, 4) is 0 Å². The van der Waals surface area contributed by atoms with Crippen molar-refractivity contribution in [2.75, 3.05) is 11.1 Å². The Labute approximate surface area is 202 Å². The molecule has 7 heteroatoms. The molecule has 1 rings (SSSR count). The summed E-state index contributed by atoms with van der Waals surface area (Å²) < 4.78 is 0. The van der Waals surface area contributed by atoms with Crippen molar-refractivity contribution in [3.05, 3.63) is 23.8 Å². The molecular weight excluding hydrogens is 438 g/mol. The monoisotopic (exact) mass is 479 g/mol. The largest absolute Gasteiger partial charge is 0.481 e. The maximum absolute atomic E-state index is 12.5. The third-order valence-corrected chi connectivity index (χ3v) is 6.73. The molecule has 0 aliphatic carbocycles. The van der Waals surface area contributed by atoms with Gasteiger partial charge in [0, 0.05) is 24.2 Å². The van der Waals surface area contributed by atoms with Gasteiger partial charge in [-0.3, -0.25) is 14.4 Å². The average Bonchev–Trinajstić information content (AvgIpc) is 2.76. The molecule has 0 saturated carbocycles. The van der Waals surface area contributed by atoms with E-state index in [-0.39, 0.29) is 18.7 Å². The van der Waals surface area contributed by atoms with E-state index in [0.29, 0.717) is 6.42 Å². The Balaban J connectivity index is 2.21. The van der Waals surface area contributed by atoms with Gasteiger partial charge in [-0.25, -0.2) is 0 Å². The van der Waals surface area contributed by atoms with Gasteiger partial charge in [0.25, 0.3) is 0 Å². The van der Waals surface area contributed by atoms with E-state index in [1.165, 1.54) is 0 Å². The summed E-state index contributed by atoms with van der Waals surface area (Å²) in [5, 5.41) is 20.4. The van der Waals surface area contributed by atoms with Crippen LogP contribution in [0.5, 0.6) is 0 Å². The minimum absolute atomic E-state index is 0.0634. The van der Waals surface area contributed by atoms with Gasteiger partial charge in [-0.05, 0) is 50.0 Å². The second-order valence-electron chi connectivity index (χ2n) is 8.62. The number of hydrogen-bond donors (Lipinski definition) is 3.